The Morgan fingerprint density at radius 1 is 1.04 bits per heavy atom. The number of primary amides is 1. The van der Waals surface area contributed by atoms with Gasteiger partial charge in [0, 0.05) is 12.1 Å². The van der Waals surface area contributed by atoms with Crippen molar-refractivity contribution >= 4 is 24.3 Å². The third-order valence-corrected chi connectivity index (χ3v) is 3.08. The first-order valence-electron chi connectivity index (χ1n) is 6.77. The van der Waals surface area contributed by atoms with E-state index in [1.807, 2.05) is 42.5 Å². The van der Waals surface area contributed by atoms with E-state index in [2.05, 4.69) is 0 Å². The quantitative estimate of drug-likeness (QED) is 0.453. The predicted octanol–water partition coefficient (Wildman–Crippen LogP) is 2.40. The summed E-state index contributed by atoms with van der Waals surface area (Å²) in [4.78, 5) is 16.0. The van der Waals surface area contributed by atoms with Gasteiger partial charge in [-0.15, -0.1) is 12.4 Å². The van der Waals surface area contributed by atoms with Gasteiger partial charge in [0.25, 0.3) is 0 Å². The average molecular weight is 335 g/mol. The highest BCUT2D eigenvalue weighted by atomic mass is 35.5. The van der Waals surface area contributed by atoms with Crippen molar-refractivity contribution in [2.75, 3.05) is 0 Å². The second kappa shape index (κ2) is 8.77. The fraction of sp³-hybridized carbons (Fsp3) is 0.125. The van der Waals surface area contributed by atoms with Crippen LogP contribution >= 0.6 is 12.4 Å². The van der Waals surface area contributed by atoms with Gasteiger partial charge in [0.05, 0.1) is 6.54 Å². The zero-order valence-corrected chi connectivity index (χ0v) is 13.3. The molecule has 0 aliphatic carbocycles. The SMILES string of the molecule is Cl.N=C(c1ccc(CN)cc1)N(Cc1ccccc1)OC(N)=O. The minimum absolute atomic E-state index is 0. The van der Waals surface area contributed by atoms with E-state index < -0.39 is 6.09 Å². The first kappa shape index (κ1) is 18.5. The number of nitrogens with two attached hydrogens (primary N) is 2. The van der Waals surface area contributed by atoms with Gasteiger partial charge >= 0.3 is 6.09 Å². The van der Waals surface area contributed by atoms with Crippen LogP contribution in [0.3, 0.4) is 0 Å². The zero-order chi connectivity index (χ0) is 15.9. The molecule has 0 saturated carbocycles. The zero-order valence-electron chi connectivity index (χ0n) is 12.4. The van der Waals surface area contributed by atoms with Gasteiger partial charge in [-0.2, -0.15) is 5.06 Å². The largest absolute Gasteiger partial charge is 0.429 e. The molecule has 0 fully saturated rings. The van der Waals surface area contributed by atoms with Gasteiger partial charge in [0.15, 0.2) is 5.84 Å². The normalized spacial score (nSPS) is 9.61. The number of benzene rings is 2. The second-order valence-corrected chi connectivity index (χ2v) is 4.68. The molecule has 2 aromatic rings. The van der Waals surface area contributed by atoms with Crippen molar-refractivity contribution in [2.24, 2.45) is 11.5 Å². The number of rotatable bonds is 4. The Hall–Kier alpha value is -2.57. The summed E-state index contributed by atoms with van der Waals surface area (Å²) in [6.07, 6.45) is -0.959. The number of hydroxylamine groups is 2. The summed E-state index contributed by atoms with van der Waals surface area (Å²) in [6, 6.07) is 16.6. The Bertz CT molecular complexity index is 647. The van der Waals surface area contributed by atoms with Crippen LogP contribution in [0.4, 0.5) is 4.79 Å². The third-order valence-electron chi connectivity index (χ3n) is 3.08. The Kier molecular flexibility index (Phi) is 7.05. The van der Waals surface area contributed by atoms with Crippen molar-refractivity contribution in [3.63, 3.8) is 0 Å². The molecule has 1 amide bonds. The molecule has 0 atom stereocenters. The van der Waals surface area contributed by atoms with Crippen molar-refractivity contribution in [3.8, 4) is 0 Å². The summed E-state index contributed by atoms with van der Waals surface area (Å²) in [5.74, 6) is 0.0474. The highest BCUT2D eigenvalue weighted by Crippen LogP contribution is 2.12. The van der Waals surface area contributed by atoms with Crippen LogP contribution in [0.5, 0.6) is 0 Å². The Labute approximate surface area is 140 Å². The lowest BCUT2D eigenvalue weighted by Crippen LogP contribution is -2.35. The third kappa shape index (κ3) is 5.28. The van der Waals surface area contributed by atoms with E-state index in [9.17, 15) is 4.79 Å². The van der Waals surface area contributed by atoms with E-state index in [1.54, 1.807) is 12.1 Å². The van der Waals surface area contributed by atoms with Crippen LogP contribution in [0.2, 0.25) is 0 Å². The van der Waals surface area contributed by atoms with Crippen LogP contribution in [0.1, 0.15) is 16.7 Å². The van der Waals surface area contributed by atoms with Gasteiger partial charge in [-0.25, -0.2) is 4.79 Å². The minimum atomic E-state index is -0.959. The molecule has 122 valence electrons. The topological polar surface area (TPSA) is 105 Å². The maximum Gasteiger partial charge on any atom is 0.429 e. The molecule has 2 rings (SSSR count). The van der Waals surface area contributed by atoms with E-state index >= 15 is 0 Å². The first-order valence-corrected chi connectivity index (χ1v) is 6.77. The molecule has 7 heteroatoms. The van der Waals surface area contributed by atoms with E-state index in [0.717, 1.165) is 16.2 Å². The maximum absolute atomic E-state index is 11.1. The number of hydrogen-bond donors (Lipinski definition) is 3. The molecule has 0 bridgehead atoms. The molecule has 0 unspecified atom stereocenters. The lowest BCUT2D eigenvalue weighted by molar-refractivity contribution is -0.0379. The van der Waals surface area contributed by atoms with Gasteiger partial charge < -0.3 is 16.3 Å². The van der Waals surface area contributed by atoms with Crippen LogP contribution in [-0.2, 0) is 17.9 Å². The number of amides is 1. The Morgan fingerprint density at radius 3 is 2.17 bits per heavy atom. The van der Waals surface area contributed by atoms with E-state index in [1.165, 1.54) is 0 Å². The number of halogens is 1. The summed E-state index contributed by atoms with van der Waals surface area (Å²) < 4.78 is 0. The molecule has 0 spiro atoms. The van der Waals surface area contributed by atoms with E-state index in [0.29, 0.717) is 12.1 Å². The van der Waals surface area contributed by atoms with Crippen molar-refractivity contribution in [1.29, 1.82) is 5.41 Å². The lowest BCUT2D eigenvalue weighted by Gasteiger charge is -2.22. The summed E-state index contributed by atoms with van der Waals surface area (Å²) in [7, 11) is 0. The monoisotopic (exact) mass is 334 g/mol. The minimum Gasteiger partial charge on any atom is -0.333 e. The molecule has 6 nitrogen and oxygen atoms in total. The maximum atomic E-state index is 11.1. The van der Waals surface area contributed by atoms with Crippen LogP contribution < -0.4 is 11.5 Å². The molecule has 0 heterocycles. The summed E-state index contributed by atoms with van der Waals surface area (Å²) in [6.45, 7) is 0.667. The number of nitrogens with one attached hydrogen (secondary N) is 1. The van der Waals surface area contributed by atoms with Crippen molar-refractivity contribution in [2.45, 2.75) is 13.1 Å². The second-order valence-electron chi connectivity index (χ2n) is 4.68. The molecule has 2 aromatic carbocycles. The summed E-state index contributed by atoms with van der Waals surface area (Å²) >= 11 is 0. The molecule has 0 saturated heterocycles. The molecule has 23 heavy (non-hydrogen) atoms. The van der Waals surface area contributed by atoms with Crippen molar-refractivity contribution in [3.05, 3.63) is 71.3 Å². The standard InChI is InChI=1S/C16H18N4O2.ClH/c17-10-12-6-8-14(9-7-12)15(18)20(22-16(19)21)11-13-4-2-1-3-5-13;/h1-9,18H,10-11,17H2,(H2,19,21);1H. The fourth-order valence-corrected chi connectivity index (χ4v) is 1.96. The van der Waals surface area contributed by atoms with Crippen LogP contribution in [0.15, 0.2) is 54.6 Å². The predicted molar refractivity (Wildman–Crippen MR) is 91.1 cm³/mol. The number of carbonyl (C=O) groups excluding carboxylic acids is 1. The first-order chi connectivity index (χ1) is 10.6. The number of nitrogens with zero attached hydrogens (tertiary/aromatic N) is 1. The fourth-order valence-electron chi connectivity index (χ4n) is 1.96. The summed E-state index contributed by atoms with van der Waals surface area (Å²) in [5, 5.41) is 9.38. The van der Waals surface area contributed by atoms with Gasteiger partial charge in [0.1, 0.15) is 0 Å². The van der Waals surface area contributed by atoms with Crippen LogP contribution in [0, 0.1) is 5.41 Å². The molecular formula is C16H19ClN4O2. The number of amidine groups is 1. The molecule has 0 aliphatic heterocycles. The highest BCUT2D eigenvalue weighted by Gasteiger charge is 2.16. The van der Waals surface area contributed by atoms with Gasteiger partial charge in [-0.3, -0.25) is 5.41 Å². The van der Waals surface area contributed by atoms with E-state index in [-0.39, 0.29) is 24.8 Å². The molecule has 5 N–H and O–H groups in total. The highest BCUT2D eigenvalue weighted by molar-refractivity contribution is 5.96. The van der Waals surface area contributed by atoms with E-state index in [4.69, 9.17) is 21.7 Å². The Morgan fingerprint density at radius 2 is 1.65 bits per heavy atom. The van der Waals surface area contributed by atoms with Crippen LogP contribution in [0.25, 0.3) is 0 Å². The molecular weight excluding hydrogens is 316 g/mol. The van der Waals surface area contributed by atoms with Crippen molar-refractivity contribution < 1.29 is 9.63 Å². The lowest BCUT2D eigenvalue weighted by atomic mass is 10.1. The molecule has 0 aliphatic rings. The number of hydrogen-bond acceptors (Lipinski definition) is 4. The van der Waals surface area contributed by atoms with Gasteiger partial charge in [-0.1, -0.05) is 54.6 Å². The average Bonchev–Trinajstić information content (AvgIpc) is 2.54. The van der Waals surface area contributed by atoms with Gasteiger partial charge in [-0.05, 0) is 11.1 Å². The molecule has 0 aromatic heterocycles. The smallest absolute Gasteiger partial charge is 0.333 e. The van der Waals surface area contributed by atoms with Gasteiger partial charge in [0.2, 0.25) is 0 Å². The number of carbonyl (C=O) groups is 1. The summed E-state index contributed by atoms with van der Waals surface area (Å²) in [5.41, 5.74) is 13.1. The van der Waals surface area contributed by atoms with Crippen LogP contribution in [-0.4, -0.2) is 17.0 Å². The Balaban J connectivity index is 0.00000264. The molecule has 0 radical (unpaired) electrons. The van der Waals surface area contributed by atoms with Crippen molar-refractivity contribution in [1.82, 2.24) is 5.06 Å².